The molecule has 0 radical (unpaired) electrons. The zero-order chi connectivity index (χ0) is 14.9. The molecule has 1 fully saturated rings. The molecule has 1 aromatic rings. The Morgan fingerprint density at radius 2 is 2.25 bits per heavy atom. The summed E-state index contributed by atoms with van der Waals surface area (Å²) < 4.78 is 13.7. The van der Waals surface area contributed by atoms with Crippen molar-refractivity contribution in [1.82, 2.24) is 5.32 Å². The maximum atomic E-state index is 13.7. The van der Waals surface area contributed by atoms with Crippen LogP contribution in [0.15, 0.2) is 18.2 Å². The highest BCUT2D eigenvalue weighted by atomic mass is 35.5. The molecule has 1 amide bonds. The third kappa shape index (κ3) is 3.10. The Balaban J connectivity index is 1.95. The van der Waals surface area contributed by atoms with E-state index in [0.29, 0.717) is 17.0 Å². The molecule has 0 aliphatic heterocycles. The summed E-state index contributed by atoms with van der Waals surface area (Å²) in [6.07, 6.45) is 0.536. The summed E-state index contributed by atoms with van der Waals surface area (Å²) in [5.74, 6) is -2.81. The van der Waals surface area contributed by atoms with Crippen LogP contribution in [0.2, 0.25) is 5.02 Å². The van der Waals surface area contributed by atoms with E-state index in [9.17, 15) is 14.0 Å². The fourth-order valence-corrected chi connectivity index (χ4v) is 2.44. The summed E-state index contributed by atoms with van der Waals surface area (Å²) in [4.78, 5) is 22.5. The van der Waals surface area contributed by atoms with Crippen LogP contribution < -0.4 is 5.32 Å². The highest BCUT2D eigenvalue weighted by Gasteiger charge is 2.46. The second kappa shape index (κ2) is 5.79. The summed E-state index contributed by atoms with van der Waals surface area (Å²) in [7, 11) is 0. The second-order valence-electron chi connectivity index (χ2n) is 5.07. The van der Waals surface area contributed by atoms with Gasteiger partial charge in [-0.25, -0.2) is 4.39 Å². The van der Waals surface area contributed by atoms with Gasteiger partial charge < -0.3 is 10.4 Å². The molecule has 1 aromatic carbocycles. The summed E-state index contributed by atoms with van der Waals surface area (Å²) in [5, 5.41) is 11.6. The molecule has 2 rings (SSSR count). The average molecular weight is 300 g/mol. The van der Waals surface area contributed by atoms with Gasteiger partial charge in [0, 0.05) is 29.0 Å². The summed E-state index contributed by atoms with van der Waals surface area (Å²) in [6, 6.07) is 4.44. The van der Waals surface area contributed by atoms with Crippen LogP contribution in [0.5, 0.6) is 0 Å². The smallest absolute Gasteiger partial charge is 0.308 e. The van der Waals surface area contributed by atoms with Crippen LogP contribution in [0, 0.1) is 17.7 Å². The number of halogens is 2. The number of aliphatic carboxylic acids is 1. The highest BCUT2D eigenvalue weighted by molar-refractivity contribution is 6.31. The zero-order valence-corrected chi connectivity index (χ0v) is 11.7. The minimum Gasteiger partial charge on any atom is -0.481 e. The SMILES string of the molecule is C[C@H](CNC(=O)[C@@H]1C[C@H]1c1c(F)cccc1Cl)C(=O)O. The quantitative estimate of drug-likeness (QED) is 0.877. The zero-order valence-electron chi connectivity index (χ0n) is 10.9. The Morgan fingerprint density at radius 3 is 2.85 bits per heavy atom. The van der Waals surface area contributed by atoms with E-state index in [2.05, 4.69) is 5.32 Å². The first-order valence-electron chi connectivity index (χ1n) is 6.36. The number of carboxylic acid groups (broad SMARTS) is 1. The number of nitrogens with one attached hydrogen (secondary N) is 1. The van der Waals surface area contributed by atoms with Crippen molar-refractivity contribution >= 4 is 23.5 Å². The van der Waals surface area contributed by atoms with Crippen molar-refractivity contribution < 1.29 is 19.1 Å². The minimum absolute atomic E-state index is 0.0718. The number of amides is 1. The van der Waals surface area contributed by atoms with Crippen molar-refractivity contribution in [3.63, 3.8) is 0 Å². The van der Waals surface area contributed by atoms with Gasteiger partial charge in [0.2, 0.25) is 5.91 Å². The molecule has 0 spiro atoms. The van der Waals surface area contributed by atoms with Crippen LogP contribution in [0.4, 0.5) is 4.39 Å². The number of carbonyl (C=O) groups is 2. The van der Waals surface area contributed by atoms with Gasteiger partial charge in [-0.1, -0.05) is 24.6 Å². The molecule has 1 aliphatic rings. The van der Waals surface area contributed by atoms with E-state index in [1.165, 1.54) is 19.1 Å². The van der Waals surface area contributed by atoms with E-state index in [1.807, 2.05) is 0 Å². The maximum absolute atomic E-state index is 13.7. The molecule has 20 heavy (non-hydrogen) atoms. The van der Waals surface area contributed by atoms with Crippen molar-refractivity contribution in [3.8, 4) is 0 Å². The standard InChI is InChI=1S/C14H15ClFNO3/c1-7(14(19)20)6-17-13(18)9-5-8(9)12-10(15)3-2-4-11(12)16/h2-4,7-9H,5-6H2,1H3,(H,17,18)(H,19,20)/t7-,8-,9-/m1/s1. The van der Waals surface area contributed by atoms with Crippen molar-refractivity contribution in [2.75, 3.05) is 6.54 Å². The monoisotopic (exact) mass is 299 g/mol. The van der Waals surface area contributed by atoms with E-state index in [4.69, 9.17) is 16.7 Å². The molecule has 0 aromatic heterocycles. The first kappa shape index (κ1) is 14.8. The maximum Gasteiger partial charge on any atom is 0.308 e. The van der Waals surface area contributed by atoms with Gasteiger partial charge in [0.15, 0.2) is 0 Å². The lowest BCUT2D eigenvalue weighted by Gasteiger charge is -2.09. The topological polar surface area (TPSA) is 66.4 Å². The van der Waals surface area contributed by atoms with Gasteiger partial charge >= 0.3 is 5.97 Å². The van der Waals surface area contributed by atoms with Crippen molar-refractivity contribution in [2.45, 2.75) is 19.3 Å². The molecule has 3 atom stereocenters. The van der Waals surface area contributed by atoms with Gasteiger partial charge in [-0.15, -0.1) is 0 Å². The van der Waals surface area contributed by atoms with Crippen LogP contribution >= 0.6 is 11.6 Å². The molecule has 0 saturated heterocycles. The van der Waals surface area contributed by atoms with Crippen LogP contribution in [0.3, 0.4) is 0 Å². The number of carbonyl (C=O) groups excluding carboxylic acids is 1. The average Bonchev–Trinajstić information content (AvgIpc) is 3.15. The number of hydrogen-bond donors (Lipinski definition) is 2. The van der Waals surface area contributed by atoms with Gasteiger partial charge in [-0.3, -0.25) is 9.59 Å². The number of hydrogen-bond acceptors (Lipinski definition) is 2. The van der Waals surface area contributed by atoms with Crippen LogP contribution in [0.25, 0.3) is 0 Å². The Labute approximate surface area is 120 Å². The minimum atomic E-state index is -0.963. The van der Waals surface area contributed by atoms with E-state index in [-0.39, 0.29) is 24.3 Å². The van der Waals surface area contributed by atoms with Gasteiger partial charge in [0.25, 0.3) is 0 Å². The van der Waals surface area contributed by atoms with Crippen molar-refractivity contribution in [2.24, 2.45) is 11.8 Å². The molecule has 2 N–H and O–H groups in total. The fourth-order valence-electron chi connectivity index (χ4n) is 2.14. The Hall–Kier alpha value is -1.62. The first-order valence-corrected chi connectivity index (χ1v) is 6.74. The van der Waals surface area contributed by atoms with Crippen LogP contribution in [0.1, 0.15) is 24.8 Å². The number of rotatable bonds is 5. The molecule has 1 aliphatic carbocycles. The summed E-state index contributed by atoms with van der Waals surface area (Å²) >= 11 is 5.95. The Kier molecular flexibility index (Phi) is 4.28. The molecule has 0 heterocycles. The normalized spacial score (nSPS) is 22.1. The van der Waals surface area contributed by atoms with Crippen molar-refractivity contribution in [1.29, 1.82) is 0 Å². The highest BCUT2D eigenvalue weighted by Crippen LogP contribution is 2.50. The lowest BCUT2D eigenvalue weighted by Crippen LogP contribution is -2.32. The van der Waals surface area contributed by atoms with E-state index < -0.39 is 17.7 Å². The summed E-state index contributed by atoms with van der Waals surface area (Å²) in [6.45, 7) is 1.59. The predicted octanol–water partition coefficient (Wildman–Crippen LogP) is 2.42. The van der Waals surface area contributed by atoms with E-state index >= 15 is 0 Å². The number of benzene rings is 1. The predicted molar refractivity (Wildman–Crippen MR) is 72.1 cm³/mol. The van der Waals surface area contributed by atoms with Gasteiger partial charge in [-0.2, -0.15) is 0 Å². The van der Waals surface area contributed by atoms with Crippen LogP contribution in [-0.2, 0) is 9.59 Å². The largest absolute Gasteiger partial charge is 0.481 e. The molecular weight excluding hydrogens is 285 g/mol. The van der Waals surface area contributed by atoms with Crippen molar-refractivity contribution in [3.05, 3.63) is 34.6 Å². The fraction of sp³-hybridized carbons (Fsp3) is 0.429. The molecule has 108 valence electrons. The summed E-state index contributed by atoms with van der Waals surface area (Å²) in [5.41, 5.74) is 0.376. The number of carboxylic acids is 1. The molecule has 0 unspecified atom stereocenters. The third-order valence-electron chi connectivity index (χ3n) is 3.50. The lowest BCUT2D eigenvalue weighted by molar-refractivity contribution is -0.141. The Morgan fingerprint density at radius 1 is 1.55 bits per heavy atom. The van der Waals surface area contributed by atoms with Crippen LogP contribution in [-0.4, -0.2) is 23.5 Å². The van der Waals surface area contributed by atoms with E-state index in [1.54, 1.807) is 6.07 Å². The molecule has 1 saturated carbocycles. The molecular formula is C14H15ClFNO3. The van der Waals surface area contributed by atoms with Gasteiger partial charge in [-0.05, 0) is 18.6 Å². The molecule has 4 nitrogen and oxygen atoms in total. The lowest BCUT2D eigenvalue weighted by atomic mass is 10.1. The van der Waals surface area contributed by atoms with Gasteiger partial charge in [0.05, 0.1) is 5.92 Å². The third-order valence-corrected chi connectivity index (χ3v) is 3.83. The Bertz CT molecular complexity index is 529. The first-order chi connectivity index (χ1) is 9.41. The second-order valence-corrected chi connectivity index (χ2v) is 5.48. The van der Waals surface area contributed by atoms with Gasteiger partial charge in [0.1, 0.15) is 5.82 Å². The molecule has 0 bridgehead atoms. The molecule has 6 heteroatoms. The van der Waals surface area contributed by atoms with E-state index in [0.717, 1.165) is 0 Å².